The highest BCUT2D eigenvalue weighted by Crippen LogP contribution is 2.16. The number of hydrogen-bond acceptors (Lipinski definition) is 2. The maximum absolute atomic E-state index is 12.3. The van der Waals surface area contributed by atoms with Crippen LogP contribution in [0.5, 0.6) is 0 Å². The van der Waals surface area contributed by atoms with Crippen LogP contribution in [-0.4, -0.2) is 43.7 Å². The number of nitrogens with zero attached hydrogens (tertiary/aromatic N) is 2. The summed E-state index contributed by atoms with van der Waals surface area (Å²) >= 11 is 6.13. The zero-order valence-corrected chi connectivity index (χ0v) is 14.4. The first-order chi connectivity index (χ1) is 11.7. The van der Waals surface area contributed by atoms with Crippen molar-refractivity contribution < 1.29 is 4.79 Å². The molecule has 1 heterocycles. The Balaban J connectivity index is 1.43. The Labute approximate surface area is 148 Å². The number of para-hydroxylation sites is 1. The summed E-state index contributed by atoms with van der Waals surface area (Å²) in [6.07, 6.45) is 0.745. The van der Waals surface area contributed by atoms with Crippen LogP contribution >= 0.6 is 11.6 Å². The number of piperazine rings is 1. The van der Waals surface area contributed by atoms with E-state index in [1.807, 2.05) is 47.4 Å². The lowest BCUT2D eigenvalue weighted by atomic mass is 10.1. The molecule has 1 aliphatic rings. The minimum atomic E-state index is 0.00904. The molecule has 0 unspecified atom stereocenters. The summed E-state index contributed by atoms with van der Waals surface area (Å²) in [6, 6.07) is 18.1. The Bertz CT molecular complexity index is 669. The van der Waals surface area contributed by atoms with Crippen LogP contribution in [0.25, 0.3) is 0 Å². The SMILES string of the molecule is O=C(NCCc1ccccc1Cl)N1CCN(c2ccccc2)CC1. The van der Waals surface area contributed by atoms with Gasteiger partial charge in [-0.1, -0.05) is 48.0 Å². The van der Waals surface area contributed by atoms with E-state index in [9.17, 15) is 4.79 Å². The third-order valence-electron chi connectivity index (χ3n) is 4.32. The molecule has 2 aromatic rings. The lowest BCUT2D eigenvalue weighted by Gasteiger charge is -2.36. The lowest BCUT2D eigenvalue weighted by molar-refractivity contribution is 0.194. The summed E-state index contributed by atoms with van der Waals surface area (Å²) in [7, 11) is 0. The molecule has 0 aromatic heterocycles. The van der Waals surface area contributed by atoms with Crippen LogP contribution in [0.4, 0.5) is 10.5 Å². The number of hydrogen-bond donors (Lipinski definition) is 1. The number of halogens is 1. The highest BCUT2D eigenvalue weighted by atomic mass is 35.5. The van der Waals surface area contributed by atoms with E-state index >= 15 is 0 Å². The van der Waals surface area contributed by atoms with Gasteiger partial charge in [0, 0.05) is 43.4 Å². The first kappa shape index (κ1) is 16.7. The number of anilines is 1. The highest BCUT2D eigenvalue weighted by Gasteiger charge is 2.20. The topological polar surface area (TPSA) is 35.6 Å². The van der Waals surface area contributed by atoms with Crippen molar-refractivity contribution in [2.45, 2.75) is 6.42 Å². The molecule has 1 N–H and O–H groups in total. The zero-order chi connectivity index (χ0) is 16.8. The second kappa shape index (κ2) is 8.06. The maximum atomic E-state index is 12.3. The summed E-state index contributed by atoms with van der Waals surface area (Å²) < 4.78 is 0. The van der Waals surface area contributed by atoms with Crippen molar-refractivity contribution in [1.82, 2.24) is 10.2 Å². The Morgan fingerprint density at radius 3 is 2.33 bits per heavy atom. The van der Waals surface area contributed by atoms with E-state index in [2.05, 4.69) is 22.3 Å². The fraction of sp³-hybridized carbons (Fsp3) is 0.316. The molecule has 5 heteroatoms. The molecule has 0 aliphatic carbocycles. The van der Waals surface area contributed by atoms with Gasteiger partial charge < -0.3 is 15.1 Å². The molecule has 0 saturated carbocycles. The van der Waals surface area contributed by atoms with Crippen LogP contribution in [0.3, 0.4) is 0 Å². The monoisotopic (exact) mass is 343 g/mol. The summed E-state index contributed by atoms with van der Waals surface area (Å²) in [6.45, 7) is 3.81. The summed E-state index contributed by atoms with van der Waals surface area (Å²) in [4.78, 5) is 16.5. The molecule has 0 spiro atoms. The number of benzene rings is 2. The first-order valence-electron chi connectivity index (χ1n) is 8.30. The second-order valence-corrected chi connectivity index (χ2v) is 6.29. The molecule has 126 valence electrons. The summed E-state index contributed by atoms with van der Waals surface area (Å²) in [5, 5.41) is 3.75. The largest absolute Gasteiger partial charge is 0.368 e. The molecule has 1 aliphatic heterocycles. The Kier molecular flexibility index (Phi) is 5.59. The zero-order valence-electron chi connectivity index (χ0n) is 13.6. The molecule has 3 rings (SSSR count). The minimum Gasteiger partial charge on any atom is -0.368 e. The average molecular weight is 344 g/mol. The summed E-state index contributed by atoms with van der Waals surface area (Å²) in [5.41, 5.74) is 2.28. The molecule has 0 atom stereocenters. The Hall–Kier alpha value is -2.20. The van der Waals surface area contributed by atoms with E-state index in [4.69, 9.17) is 11.6 Å². The van der Waals surface area contributed by atoms with Gasteiger partial charge in [0.1, 0.15) is 0 Å². The smallest absolute Gasteiger partial charge is 0.317 e. The van der Waals surface area contributed by atoms with Crippen molar-refractivity contribution in [2.75, 3.05) is 37.6 Å². The van der Waals surface area contributed by atoms with Crippen LogP contribution in [0.1, 0.15) is 5.56 Å². The molecule has 1 fully saturated rings. The number of urea groups is 1. The van der Waals surface area contributed by atoms with Gasteiger partial charge >= 0.3 is 6.03 Å². The van der Waals surface area contributed by atoms with Crippen molar-refractivity contribution in [1.29, 1.82) is 0 Å². The molecule has 1 saturated heterocycles. The number of rotatable bonds is 4. The van der Waals surface area contributed by atoms with Gasteiger partial charge in [-0.05, 0) is 30.2 Å². The molecule has 2 amide bonds. The van der Waals surface area contributed by atoms with E-state index in [0.717, 1.165) is 43.2 Å². The molecule has 4 nitrogen and oxygen atoms in total. The Morgan fingerprint density at radius 2 is 1.62 bits per heavy atom. The standard InChI is InChI=1S/C19H22ClN3O/c20-18-9-5-4-6-16(18)10-11-21-19(24)23-14-12-22(13-15-23)17-7-2-1-3-8-17/h1-9H,10-15H2,(H,21,24). The number of amides is 2. The van der Waals surface area contributed by atoms with Crippen molar-refractivity contribution in [3.8, 4) is 0 Å². The predicted molar refractivity (Wildman–Crippen MR) is 98.8 cm³/mol. The molecule has 0 bridgehead atoms. The molecular formula is C19H22ClN3O. The van der Waals surface area contributed by atoms with Gasteiger partial charge in [0.05, 0.1) is 0 Å². The fourth-order valence-electron chi connectivity index (χ4n) is 2.92. The molecule has 0 radical (unpaired) electrons. The quantitative estimate of drug-likeness (QED) is 0.923. The van der Waals surface area contributed by atoms with Gasteiger partial charge in [0.25, 0.3) is 0 Å². The van der Waals surface area contributed by atoms with Crippen molar-refractivity contribution in [2.24, 2.45) is 0 Å². The predicted octanol–water partition coefficient (Wildman–Crippen LogP) is 3.41. The normalized spacial score (nSPS) is 14.5. The van der Waals surface area contributed by atoms with Crippen LogP contribution in [0, 0.1) is 0 Å². The first-order valence-corrected chi connectivity index (χ1v) is 8.68. The third kappa shape index (κ3) is 4.20. The van der Waals surface area contributed by atoms with Crippen LogP contribution in [0.15, 0.2) is 54.6 Å². The highest BCUT2D eigenvalue weighted by molar-refractivity contribution is 6.31. The van der Waals surface area contributed by atoms with E-state index in [1.54, 1.807) is 0 Å². The number of carbonyl (C=O) groups is 1. The van der Waals surface area contributed by atoms with Gasteiger partial charge in [0.15, 0.2) is 0 Å². The van der Waals surface area contributed by atoms with Crippen molar-refractivity contribution >= 4 is 23.3 Å². The van der Waals surface area contributed by atoms with Crippen molar-refractivity contribution in [3.63, 3.8) is 0 Å². The van der Waals surface area contributed by atoms with Gasteiger partial charge in [-0.15, -0.1) is 0 Å². The lowest BCUT2D eigenvalue weighted by Crippen LogP contribution is -2.52. The van der Waals surface area contributed by atoms with E-state index in [0.29, 0.717) is 6.54 Å². The van der Waals surface area contributed by atoms with E-state index in [-0.39, 0.29) is 6.03 Å². The van der Waals surface area contributed by atoms with Gasteiger partial charge in [-0.25, -0.2) is 4.79 Å². The van der Waals surface area contributed by atoms with Gasteiger partial charge in [-0.2, -0.15) is 0 Å². The maximum Gasteiger partial charge on any atom is 0.317 e. The second-order valence-electron chi connectivity index (χ2n) is 5.88. The van der Waals surface area contributed by atoms with Gasteiger partial charge in [0.2, 0.25) is 0 Å². The fourth-order valence-corrected chi connectivity index (χ4v) is 3.15. The molecule has 2 aromatic carbocycles. The summed E-state index contributed by atoms with van der Waals surface area (Å²) in [5.74, 6) is 0. The van der Waals surface area contributed by atoms with Crippen LogP contribution in [-0.2, 0) is 6.42 Å². The van der Waals surface area contributed by atoms with Crippen LogP contribution in [0.2, 0.25) is 5.02 Å². The average Bonchev–Trinajstić information content (AvgIpc) is 2.64. The van der Waals surface area contributed by atoms with E-state index in [1.165, 1.54) is 5.69 Å². The molecular weight excluding hydrogens is 322 g/mol. The van der Waals surface area contributed by atoms with Crippen LogP contribution < -0.4 is 10.2 Å². The van der Waals surface area contributed by atoms with E-state index < -0.39 is 0 Å². The Morgan fingerprint density at radius 1 is 0.958 bits per heavy atom. The molecule has 24 heavy (non-hydrogen) atoms. The van der Waals surface area contributed by atoms with Crippen molar-refractivity contribution in [3.05, 3.63) is 65.2 Å². The van der Waals surface area contributed by atoms with Gasteiger partial charge in [-0.3, -0.25) is 0 Å². The number of carbonyl (C=O) groups excluding carboxylic acids is 1. The number of nitrogens with one attached hydrogen (secondary N) is 1. The minimum absolute atomic E-state index is 0.00904. The third-order valence-corrected chi connectivity index (χ3v) is 4.69.